The molecule has 19 heavy (non-hydrogen) atoms. The molecule has 0 spiro atoms. The third-order valence-corrected chi connectivity index (χ3v) is 4.31. The van der Waals surface area contributed by atoms with Crippen LogP contribution in [0.5, 0.6) is 0 Å². The van der Waals surface area contributed by atoms with E-state index in [0.29, 0.717) is 6.42 Å². The lowest BCUT2D eigenvalue weighted by molar-refractivity contribution is -0.144. The zero-order valence-electron chi connectivity index (χ0n) is 11.8. The monoisotopic (exact) mass is 261 g/mol. The van der Waals surface area contributed by atoms with Gasteiger partial charge in [-0.2, -0.15) is 0 Å². The van der Waals surface area contributed by atoms with Crippen LogP contribution in [-0.2, 0) is 10.2 Å². The normalized spacial score (nSPS) is 26.0. The molecular weight excluding hydrogens is 238 g/mol. The Labute approximate surface area is 115 Å². The van der Waals surface area contributed by atoms with Crippen LogP contribution in [0.2, 0.25) is 0 Å². The Kier molecular flexibility index (Phi) is 4.25. The summed E-state index contributed by atoms with van der Waals surface area (Å²) in [6, 6.07) is 10.1. The average molecular weight is 261 g/mol. The summed E-state index contributed by atoms with van der Waals surface area (Å²) in [7, 11) is 0. The van der Waals surface area contributed by atoms with Crippen molar-refractivity contribution >= 4 is 5.97 Å². The van der Waals surface area contributed by atoms with Gasteiger partial charge in [0, 0.05) is 12.0 Å². The summed E-state index contributed by atoms with van der Waals surface area (Å²) in [6.07, 6.45) is 2.86. The van der Waals surface area contributed by atoms with E-state index >= 15 is 0 Å². The van der Waals surface area contributed by atoms with Crippen molar-refractivity contribution in [3.63, 3.8) is 0 Å². The van der Waals surface area contributed by atoms with Gasteiger partial charge < -0.3 is 5.11 Å². The van der Waals surface area contributed by atoms with Crippen LogP contribution in [0.25, 0.3) is 0 Å². The van der Waals surface area contributed by atoms with Crippen molar-refractivity contribution in [2.75, 3.05) is 13.1 Å². The molecular formula is C16H23NO2. The highest BCUT2D eigenvalue weighted by Crippen LogP contribution is 2.34. The lowest BCUT2D eigenvalue weighted by Gasteiger charge is -2.43. The lowest BCUT2D eigenvalue weighted by atomic mass is 9.75. The maximum atomic E-state index is 11.3. The number of nitrogens with zero attached hydrogens (tertiary/aromatic N) is 1. The number of carboxylic acids is 1. The third-order valence-electron chi connectivity index (χ3n) is 4.31. The Morgan fingerprint density at radius 2 is 2.11 bits per heavy atom. The maximum Gasteiger partial charge on any atom is 0.320 e. The fourth-order valence-corrected chi connectivity index (χ4v) is 3.21. The van der Waals surface area contributed by atoms with E-state index < -0.39 is 5.97 Å². The highest BCUT2D eigenvalue weighted by atomic mass is 16.4. The van der Waals surface area contributed by atoms with Gasteiger partial charge in [-0.3, -0.25) is 9.69 Å². The highest BCUT2D eigenvalue weighted by molar-refractivity contribution is 5.73. The molecule has 2 rings (SSSR count). The van der Waals surface area contributed by atoms with E-state index in [-0.39, 0.29) is 11.5 Å². The van der Waals surface area contributed by atoms with Crippen LogP contribution in [0.4, 0.5) is 0 Å². The van der Waals surface area contributed by atoms with Crippen LogP contribution < -0.4 is 0 Å². The first-order valence-electron chi connectivity index (χ1n) is 7.09. The number of benzene rings is 1. The van der Waals surface area contributed by atoms with Gasteiger partial charge >= 0.3 is 5.97 Å². The van der Waals surface area contributed by atoms with Crippen molar-refractivity contribution in [1.29, 1.82) is 0 Å². The molecule has 1 saturated heterocycles. The van der Waals surface area contributed by atoms with Crippen molar-refractivity contribution in [3.8, 4) is 0 Å². The molecule has 0 unspecified atom stereocenters. The Bertz CT molecular complexity index is 432. The predicted molar refractivity (Wildman–Crippen MR) is 76.3 cm³/mol. The summed E-state index contributed by atoms with van der Waals surface area (Å²) >= 11 is 0. The number of carboxylic acid groups (broad SMARTS) is 1. The van der Waals surface area contributed by atoms with Crippen molar-refractivity contribution < 1.29 is 9.90 Å². The predicted octanol–water partition coefficient (Wildman–Crippen LogP) is 2.90. The molecule has 1 aromatic rings. The molecule has 3 nitrogen and oxygen atoms in total. The van der Waals surface area contributed by atoms with Crippen molar-refractivity contribution in [1.82, 2.24) is 4.90 Å². The van der Waals surface area contributed by atoms with Crippen LogP contribution in [0.15, 0.2) is 30.3 Å². The maximum absolute atomic E-state index is 11.3. The molecule has 1 N–H and O–H groups in total. The average Bonchev–Trinajstić information content (AvgIpc) is 2.40. The Morgan fingerprint density at radius 3 is 2.68 bits per heavy atom. The Morgan fingerprint density at radius 1 is 1.42 bits per heavy atom. The van der Waals surface area contributed by atoms with Crippen molar-refractivity contribution in [2.24, 2.45) is 0 Å². The van der Waals surface area contributed by atoms with E-state index in [0.717, 1.165) is 25.9 Å². The van der Waals surface area contributed by atoms with Gasteiger partial charge in [-0.15, -0.1) is 0 Å². The summed E-state index contributed by atoms with van der Waals surface area (Å²) in [5, 5.41) is 9.32. The molecule has 1 aliphatic rings. The van der Waals surface area contributed by atoms with Gasteiger partial charge in [0.2, 0.25) is 0 Å². The van der Waals surface area contributed by atoms with Gasteiger partial charge in [-0.25, -0.2) is 0 Å². The van der Waals surface area contributed by atoms with E-state index in [1.807, 2.05) is 13.0 Å². The first-order valence-corrected chi connectivity index (χ1v) is 7.09. The fraction of sp³-hybridized carbons (Fsp3) is 0.562. The van der Waals surface area contributed by atoms with E-state index in [9.17, 15) is 9.90 Å². The van der Waals surface area contributed by atoms with Crippen molar-refractivity contribution in [3.05, 3.63) is 35.9 Å². The Balaban J connectivity index is 2.19. The molecule has 0 aliphatic carbocycles. The van der Waals surface area contributed by atoms with Crippen LogP contribution in [0.3, 0.4) is 0 Å². The van der Waals surface area contributed by atoms with Gasteiger partial charge in [0.25, 0.3) is 0 Å². The molecule has 3 heteroatoms. The second-order valence-electron chi connectivity index (χ2n) is 5.76. The fourth-order valence-electron chi connectivity index (χ4n) is 3.21. The highest BCUT2D eigenvalue weighted by Gasteiger charge is 2.36. The van der Waals surface area contributed by atoms with Gasteiger partial charge in [-0.05, 0) is 31.4 Å². The standard InChI is InChI=1S/C16H23NO2/c1-3-14(15(18)19)17-11-7-10-16(2,12-17)13-8-5-4-6-9-13/h4-6,8-9,14H,3,7,10-12H2,1-2H3,(H,18,19)/t14-,16-/m0/s1. The summed E-state index contributed by atoms with van der Waals surface area (Å²) in [5.41, 5.74) is 1.39. The second-order valence-corrected chi connectivity index (χ2v) is 5.76. The van der Waals surface area contributed by atoms with Gasteiger partial charge in [-0.1, -0.05) is 44.2 Å². The molecule has 104 valence electrons. The lowest BCUT2D eigenvalue weighted by Crippen LogP contribution is -2.51. The summed E-state index contributed by atoms with van der Waals surface area (Å²) in [4.78, 5) is 13.5. The number of aliphatic carboxylic acids is 1. The third kappa shape index (κ3) is 2.98. The first kappa shape index (κ1) is 14.1. The van der Waals surface area contributed by atoms with Crippen LogP contribution in [0, 0.1) is 0 Å². The zero-order valence-corrected chi connectivity index (χ0v) is 11.8. The van der Waals surface area contributed by atoms with Gasteiger partial charge in [0.15, 0.2) is 0 Å². The Hall–Kier alpha value is -1.35. The van der Waals surface area contributed by atoms with E-state index in [2.05, 4.69) is 36.1 Å². The molecule has 0 bridgehead atoms. The SMILES string of the molecule is CC[C@@H](C(=O)O)N1CCC[C@](C)(c2ccccc2)C1. The molecule has 2 atom stereocenters. The molecule has 1 aromatic carbocycles. The molecule has 0 aromatic heterocycles. The summed E-state index contributed by atoms with van der Waals surface area (Å²) in [6.45, 7) is 5.94. The molecule has 1 fully saturated rings. The minimum Gasteiger partial charge on any atom is -0.480 e. The second kappa shape index (κ2) is 5.74. The van der Waals surface area contributed by atoms with Gasteiger partial charge in [0.05, 0.1) is 0 Å². The molecule has 1 aliphatic heterocycles. The summed E-state index contributed by atoms with van der Waals surface area (Å²) < 4.78 is 0. The topological polar surface area (TPSA) is 40.5 Å². The zero-order chi connectivity index (χ0) is 13.9. The number of hydrogen-bond donors (Lipinski definition) is 1. The van der Waals surface area contributed by atoms with Crippen molar-refractivity contribution in [2.45, 2.75) is 44.6 Å². The number of carbonyl (C=O) groups is 1. The van der Waals surface area contributed by atoms with E-state index in [4.69, 9.17) is 0 Å². The van der Waals surface area contributed by atoms with Crippen LogP contribution in [0.1, 0.15) is 38.7 Å². The van der Waals surface area contributed by atoms with E-state index in [1.54, 1.807) is 0 Å². The largest absolute Gasteiger partial charge is 0.480 e. The van der Waals surface area contributed by atoms with Crippen LogP contribution in [-0.4, -0.2) is 35.1 Å². The molecule has 0 amide bonds. The number of piperidine rings is 1. The number of hydrogen-bond acceptors (Lipinski definition) is 2. The first-order chi connectivity index (χ1) is 9.07. The quantitative estimate of drug-likeness (QED) is 0.906. The minimum atomic E-state index is -0.695. The molecule has 0 radical (unpaired) electrons. The smallest absolute Gasteiger partial charge is 0.320 e. The van der Waals surface area contributed by atoms with Gasteiger partial charge in [0.1, 0.15) is 6.04 Å². The summed E-state index contributed by atoms with van der Waals surface area (Å²) in [5.74, 6) is -0.695. The number of likely N-dealkylation sites (tertiary alicyclic amines) is 1. The van der Waals surface area contributed by atoms with E-state index in [1.165, 1.54) is 5.56 Å². The number of rotatable bonds is 4. The van der Waals surface area contributed by atoms with Crippen LogP contribution >= 0.6 is 0 Å². The minimum absolute atomic E-state index is 0.0718. The molecule has 0 saturated carbocycles. The molecule has 1 heterocycles.